The standard InChI is InChI=1S/C23H24NO3/c1-5-13-24(14-6-2)19-16-22(27-20-10-8-7-9-18(19)20)17-11-12-21(25-3)23(15-17)26-4/h5-12,15-16H,1-2,13-14H2,3-4H3/q+1. The highest BCUT2D eigenvalue weighted by Crippen LogP contribution is 2.32. The Bertz CT molecular complexity index is 1030. The molecule has 0 radical (unpaired) electrons. The Morgan fingerprint density at radius 2 is 1.63 bits per heavy atom. The highest BCUT2D eigenvalue weighted by atomic mass is 16.5. The van der Waals surface area contributed by atoms with Crippen molar-refractivity contribution in [3.63, 3.8) is 0 Å². The Labute approximate surface area is 159 Å². The average Bonchev–Trinajstić information content (AvgIpc) is 2.72. The summed E-state index contributed by atoms with van der Waals surface area (Å²) in [6.07, 6.45) is 3.77. The van der Waals surface area contributed by atoms with Crippen LogP contribution in [0.3, 0.4) is 0 Å². The van der Waals surface area contributed by atoms with Gasteiger partial charge in [-0.2, -0.15) is 0 Å². The van der Waals surface area contributed by atoms with Crippen LogP contribution in [0.4, 0.5) is 0 Å². The van der Waals surface area contributed by atoms with Crippen LogP contribution in [0.1, 0.15) is 0 Å². The van der Waals surface area contributed by atoms with Crippen LogP contribution in [0.2, 0.25) is 0 Å². The lowest BCUT2D eigenvalue weighted by Gasteiger charge is -2.10. The van der Waals surface area contributed by atoms with Gasteiger partial charge in [-0.25, -0.2) is 4.58 Å². The zero-order valence-electron chi connectivity index (χ0n) is 15.8. The smallest absolute Gasteiger partial charge is 0.215 e. The molecule has 2 aromatic carbocycles. The normalized spacial score (nSPS) is 10.4. The van der Waals surface area contributed by atoms with Crippen molar-refractivity contribution in [1.29, 1.82) is 0 Å². The van der Waals surface area contributed by atoms with E-state index in [0.29, 0.717) is 24.6 Å². The maximum atomic E-state index is 6.19. The van der Waals surface area contributed by atoms with Crippen molar-refractivity contribution < 1.29 is 13.9 Å². The average molecular weight is 362 g/mol. The van der Waals surface area contributed by atoms with E-state index in [2.05, 4.69) is 29.9 Å². The second-order valence-corrected chi connectivity index (χ2v) is 6.04. The number of hydrogen-bond acceptors (Lipinski definition) is 3. The van der Waals surface area contributed by atoms with Crippen molar-refractivity contribution in [3.8, 4) is 22.8 Å². The fraction of sp³-hybridized carbons (Fsp3) is 0.174. The minimum absolute atomic E-state index is 0.661. The number of fused-ring (bicyclic) bond motifs is 1. The molecule has 3 rings (SSSR count). The van der Waals surface area contributed by atoms with Gasteiger partial charge in [-0.3, -0.25) is 0 Å². The van der Waals surface area contributed by atoms with Crippen LogP contribution in [0.25, 0.3) is 22.3 Å². The second kappa shape index (κ2) is 8.41. The summed E-state index contributed by atoms with van der Waals surface area (Å²) in [5.74, 6) is 2.10. The predicted molar refractivity (Wildman–Crippen MR) is 110 cm³/mol. The third kappa shape index (κ3) is 3.80. The van der Waals surface area contributed by atoms with Gasteiger partial charge >= 0.3 is 0 Å². The third-order valence-electron chi connectivity index (χ3n) is 4.36. The lowest BCUT2D eigenvalue weighted by Crippen LogP contribution is -2.30. The SMILES string of the molecule is C=CC[N+](CC=C)=c1cc(-c2ccc(OC)c(OC)c2)oc2ccccc12. The summed E-state index contributed by atoms with van der Waals surface area (Å²) in [6, 6.07) is 15.8. The fourth-order valence-corrected chi connectivity index (χ4v) is 3.09. The van der Waals surface area contributed by atoms with Crippen LogP contribution in [0.15, 0.2) is 78.3 Å². The molecule has 0 aliphatic heterocycles. The summed E-state index contributed by atoms with van der Waals surface area (Å²) < 4.78 is 19.2. The molecule has 0 spiro atoms. The maximum absolute atomic E-state index is 6.19. The van der Waals surface area contributed by atoms with Crippen molar-refractivity contribution in [3.05, 3.63) is 79.2 Å². The summed E-state index contributed by atoms with van der Waals surface area (Å²) >= 11 is 0. The second-order valence-electron chi connectivity index (χ2n) is 6.04. The van der Waals surface area contributed by atoms with Gasteiger partial charge in [0.05, 0.1) is 25.7 Å². The molecule has 0 aliphatic rings. The predicted octanol–water partition coefficient (Wildman–Crippen LogP) is 4.26. The van der Waals surface area contributed by atoms with Gasteiger partial charge in [0.2, 0.25) is 5.36 Å². The fourth-order valence-electron chi connectivity index (χ4n) is 3.09. The number of rotatable bonds is 7. The number of para-hydroxylation sites is 1. The molecular weight excluding hydrogens is 338 g/mol. The lowest BCUT2D eigenvalue weighted by atomic mass is 10.1. The Kier molecular flexibility index (Phi) is 5.77. The molecule has 0 N–H and O–H groups in total. The molecule has 1 heterocycles. The molecule has 0 fully saturated rings. The van der Waals surface area contributed by atoms with Gasteiger partial charge in [0.1, 0.15) is 11.3 Å². The van der Waals surface area contributed by atoms with E-state index in [-0.39, 0.29) is 0 Å². The zero-order chi connectivity index (χ0) is 19.2. The molecule has 0 saturated carbocycles. The highest BCUT2D eigenvalue weighted by Gasteiger charge is 2.14. The van der Waals surface area contributed by atoms with E-state index in [1.807, 2.05) is 48.6 Å². The van der Waals surface area contributed by atoms with E-state index >= 15 is 0 Å². The minimum atomic E-state index is 0.661. The van der Waals surface area contributed by atoms with Gasteiger partial charge in [-0.05, 0) is 42.5 Å². The molecule has 27 heavy (non-hydrogen) atoms. The van der Waals surface area contributed by atoms with Crippen molar-refractivity contribution in [2.45, 2.75) is 0 Å². The molecule has 0 saturated heterocycles. The van der Waals surface area contributed by atoms with Crippen molar-refractivity contribution in [2.75, 3.05) is 27.3 Å². The molecule has 0 atom stereocenters. The van der Waals surface area contributed by atoms with Crippen LogP contribution in [-0.2, 0) is 0 Å². The first-order valence-electron chi connectivity index (χ1n) is 8.76. The van der Waals surface area contributed by atoms with E-state index in [4.69, 9.17) is 13.9 Å². The topological polar surface area (TPSA) is 34.6 Å². The summed E-state index contributed by atoms with van der Waals surface area (Å²) in [7, 11) is 3.25. The van der Waals surface area contributed by atoms with E-state index in [1.54, 1.807) is 14.2 Å². The van der Waals surface area contributed by atoms with Gasteiger partial charge < -0.3 is 13.9 Å². The van der Waals surface area contributed by atoms with Crippen LogP contribution < -0.4 is 19.4 Å². The monoisotopic (exact) mass is 362 g/mol. The van der Waals surface area contributed by atoms with Gasteiger partial charge in [-0.1, -0.05) is 25.3 Å². The molecule has 0 amide bonds. The van der Waals surface area contributed by atoms with E-state index < -0.39 is 0 Å². The van der Waals surface area contributed by atoms with Crippen molar-refractivity contribution in [2.24, 2.45) is 0 Å². The molecule has 0 unspecified atom stereocenters. The Hall–Kier alpha value is -3.27. The first-order valence-corrected chi connectivity index (χ1v) is 8.76. The van der Waals surface area contributed by atoms with E-state index in [1.165, 1.54) is 0 Å². The lowest BCUT2D eigenvalue weighted by molar-refractivity contribution is 0.355. The molecular formula is C23H24NO3+. The molecule has 4 nitrogen and oxygen atoms in total. The first kappa shape index (κ1) is 18.5. The summed E-state index contributed by atoms with van der Waals surface area (Å²) in [4.78, 5) is 0. The van der Waals surface area contributed by atoms with E-state index in [9.17, 15) is 0 Å². The number of ether oxygens (including phenoxy) is 2. The third-order valence-corrected chi connectivity index (χ3v) is 4.36. The summed E-state index contributed by atoms with van der Waals surface area (Å²) in [5, 5.41) is 2.12. The van der Waals surface area contributed by atoms with Gasteiger partial charge in [0.25, 0.3) is 0 Å². The minimum Gasteiger partial charge on any atom is -0.493 e. The van der Waals surface area contributed by atoms with Crippen molar-refractivity contribution >= 4 is 11.0 Å². The maximum Gasteiger partial charge on any atom is 0.215 e. The number of nitrogens with zero attached hydrogens (tertiary/aromatic N) is 1. The van der Waals surface area contributed by atoms with Crippen LogP contribution in [0.5, 0.6) is 11.5 Å². The molecule has 0 aliphatic carbocycles. The largest absolute Gasteiger partial charge is 0.493 e. The summed E-state index contributed by atoms with van der Waals surface area (Å²) in [6.45, 7) is 9.19. The van der Waals surface area contributed by atoms with Crippen molar-refractivity contribution in [1.82, 2.24) is 4.58 Å². The molecule has 4 heteroatoms. The Balaban J connectivity index is 2.31. The first-order chi connectivity index (χ1) is 13.2. The van der Waals surface area contributed by atoms with Gasteiger partial charge in [-0.15, -0.1) is 0 Å². The van der Waals surface area contributed by atoms with E-state index in [0.717, 1.165) is 27.7 Å². The van der Waals surface area contributed by atoms with Gasteiger partial charge in [0.15, 0.2) is 24.6 Å². The molecule has 0 bridgehead atoms. The number of methoxy groups -OCH3 is 2. The Morgan fingerprint density at radius 1 is 0.926 bits per heavy atom. The number of hydrogen-bond donors (Lipinski definition) is 0. The quantitative estimate of drug-likeness (QED) is 0.465. The number of benzene rings is 2. The highest BCUT2D eigenvalue weighted by molar-refractivity contribution is 5.78. The summed E-state index contributed by atoms with van der Waals surface area (Å²) in [5.41, 5.74) is 1.73. The Morgan fingerprint density at radius 3 is 2.30 bits per heavy atom. The molecule has 1 aromatic heterocycles. The zero-order valence-corrected chi connectivity index (χ0v) is 15.8. The molecule has 138 valence electrons. The van der Waals surface area contributed by atoms with Crippen LogP contribution in [0, 0.1) is 0 Å². The van der Waals surface area contributed by atoms with Crippen LogP contribution >= 0.6 is 0 Å². The molecule has 3 aromatic rings. The van der Waals surface area contributed by atoms with Gasteiger partial charge in [0, 0.05) is 5.56 Å². The van der Waals surface area contributed by atoms with Crippen LogP contribution in [-0.4, -0.2) is 27.3 Å².